The molecule has 0 saturated heterocycles. The maximum absolute atomic E-state index is 12.4. The molecule has 0 unspecified atom stereocenters. The van der Waals surface area contributed by atoms with E-state index in [1.54, 1.807) is 4.68 Å². The van der Waals surface area contributed by atoms with E-state index in [9.17, 15) is 9.59 Å². The average molecular weight is 361 g/mol. The predicted octanol–water partition coefficient (Wildman–Crippen LogP) is 2.41. The van der Waals surface area contributed by atoms with Crippen molar-refractivity contribution in [2.45, 2.75) is 58.9 Å². The topological polar surface area (TPSA) is 102 Å². The molecule has 0 aliphatic heterocycles. The summed E-state index contributed by atoms with van der Waals surface area (Å²) >= 11 is 0. The van der Waals surface area contributed by atoms with Gasteiger partial charge < -0.3 is 10.1 Å². The number of aromatic nitrogens is 4. The van der Waals surface area contributed by atoms with Crippen molar-refractivity contribution < 1.29 is 9.53 Å². The molecule has 2 N–H and O–H groups in total. The quantitative estimate of drug-likeness (QED) is 0.793. The number of carbonyl (C=O) groups excluding carboxylic acids is 1. The number of hydrogen-bond donors (Lipinski definition) is 2. The van der Waals surface area contributed by atoms with Crippen molar-refractivity contribution in [3.8, 4) is 0 Å². The van der Waals surface area contributed by atoms with Gasteiger partial charge in [0.25, 0.3) is 5.56 Å². The van der Waals surface area contributed by atoms with Gasteiger partial charge in [-0.25, -0.2) is 4.68 Å². The molecule has 8 nitrogen and oxygen atoms in total. The smallest absolute Gasteiger partial charge is 0.313 e. The lowest BCUT2D eigenvalue weighted by atomic mass is 9.86. The molecule has 1 fully saturated rings. The Morgan fingerprint density at radius 3 is 2.69 bits per heavy atom. The highest BCUT2D eigenvalue weighted by atomic mass is 16.5. The molecule has 1 aliphatic carbocycles. The van der Waals surface area contributed by atoms with E-state index in [4.69, 9.17) is 4.74 Å². The molecule has 26 heavy (non-hydrogen) atoms. The summed E-state index contributed by atoms with van der Waals surface area (Å²) in [5, 5.41) is 7.91. The summed E-state index contributed by atoms with van der Waals surface area (Å²) in [7, 11) is 0. The molecule has 3 rings (SSSR count). The fraction of sp³-hybridized carbons (Fsp3) is 0.667. The Hall–Kier alpha value is -2.38. The molecule has 0 radical (unpaired) electrons. The summed E-state index contributed by atoms with van der Waals surface area (Å²) < 4.78 is 7.01. The lowest BCUT2D eigenvalue weighted by Gasteiger charge is -2.26. The van der Waals surface area contributed by atoms with Gasteiger partial charge >= 0.3 is 5.97 Å². The first-order valence-corrected chi connectivity index (χ1v) is 9.16. The minimum atomic E-state index is -0.548. The highest BCUT2D eigenvalue weighted by molar-refractivity contribution is 5.78. The SMILES string of the molecule is CCOC(=O)C1(CNc2nc3c(cnn3C(C)(C)C)c(=O)[nH]2)CCCC1. The zero-order valence-electron chi connectivity index (χ0n) is 15.9. The summed E-state index contributed by atoms with van der Waals surface area (Å²) in [6.07, 6.45) is 5.10. The molecular formula is C18H27N5O3. The first-order valence-electron chi connectivity index (χ1n) is 9.16. The number of H-pyrrole nitrogens is 1. The summed E-state index contributed by atoms with van der Waals surface area (Å²) in [4.78, 5) is 32.1. The molecule has 2 aromatic rings. The highest BCUT2D eigenvalue weighted by Crippen LogP contribution is 2.39. The van der Waals surface area contributed by atoms with E-state index >= 15 is 0 Å². The number of ether oxygens (including phenoxy) is 1. The molecule has 2 aromatic heterocycles. The monoisotopic (exact) mass is 361 g/mol. The Balaban J connectivity index is 1.89. The van der Waals surface area contributed by atoms with Gasteiger partial charge in [0.05, 0.1) is 23.8 Å². The zero-order chi connectivity index (χ0) is 18.9. The minimum Gasteiger partial charge on any atom is -0.466 e. The largest absolute Gasteiger partial charge is 0.466 e. The van der Waals surface area contributed by atoms with Crippen molar-refractivity contribution in [2.24, 2.45) is 5.41 Å². The third kappa shape index (κ3) is 3.32. The van der Waals surface area contributed by atoms with E-state index in [1.165, 1.54) is 6.20 Å². The number of nitrogens with zero attached hydrogens (tertiary/aromatic N) is 3. The molecule has 8 heteroatoms. The molecule has 1 aliphatic rings. The summed E-state index contributed by atoms with van der Waals surface area (Å²) in [5.74, 6) is 0.178. The first-order chi connectivity index (χ1) is 12.3. The van der Waals surface area contributed by atoms with Crippen LogP contribution in [0.4, 0.5) is 5.95 Å². The Labute approximate surface area is 152 Å². The summed E-state index contributed by atoms with van der Waals surface area (Å²) in [6.45, 7) is 8.59. The zero-order valence-corrected chi connectivity index (χ0v) is 15.9. The lowest BCUT2D eigenvalue weighted by Crippen LogP contribution is -2.37. The second-order valence-electron chi connectivity index (χ2n) is 7.94. The number of anilines is 1. The molecule has 2 heterocycles. The molecule has 0 bridgehead atoms. The normalized spacial score (nSPS) is 16.8. The molecule has 1 saturated carbocycles. The summed E-state index contributed by atoms with van der Waals surface area (Å²) in [6, 6.07) is 0. The number of hydrogen-bond acceptors (Lipinski definition) is 6. The van der Waals surface area contributed by atoms with Crippen molar-refractivity contribution in [2.75, 3.05) is 18.5 Å². The lowest BCUT2D eigenvalue weighted by molar-refractivity contribution is -0.154. The number of esters is 1. The van der Waals surface area contributed by atoms with Gasteiger partial charge in [-0.1, -0.05) is 12.8 Å². The number of aromatic amines is 1. The van der Waals surface area contributed by atoms with Crippen LogP contribution in [0, 0.1) is 5.41 Å². The standard InChI is InChI=1S/C18H27N5O3/c1-5-26-15(25)18(8-6-7-9-18)11-19-16-21-13-12(14(24)22-16)10-20-23(13)17(2,3)4/h10H,5-9,11H2,1-4H3,(H2,19,21,22,24). The van der Waals surface area contributed by atoms with Crippen LogP contribution >= 0.6 is 0 Å². The van der Waals surface area contributed by atoms with Crippen molar-refractivity contribution in [3.63, 3.8) is 0 Å². The Morgan fingerprint density at radius 2 is 2.08 bits per heavy atom. The van der Waals surface area contributed by atoms with Crippen LogP contribution in [0.2, 0.25) is 0 Å². The van der Waals surface area contributed by atoms with Crippen LogP contribution in [0.25, 0.3) is 11.0 Å². The molecule has 142 valence electrons. The number of fused-ring (bicyclic) bond motifs is 1. The van der Waals surface area contributed by atoms with Gasteiger partial charge in [-0.05, 0) is 40.5 Å². The van der Waals surface area contributed by atoms with Gasteiger partial charge in [0.15, 0.2) is 5.65 Å². The van der Waals surface area contributed by atoms with Gasteiger partial charge in [0.2, 0.25) is 5.95 Å². The number of carbonyl (C=O) groups is 1. The van der Waals surface area contributed by atoms with Crippen LogP contribution in [0.1, 0.15) is 53.4 Å². The first kappa shape index (κ1) is 18.4. The van der Waals surface area contributed by atoms with E-state index in [0.29, 0.717) is 30.1 Å². The third-order valence-electron chi connectivity index (χ3n) is 4.94. The molecule has 0 atom stereocenters. The highest BCUT2D eigenvalue weighted by Gasteiger charge is 2.42. The Bertz CT molecular complexity index is 856. The van der Waals surface area contributed by atoms with Crippen molar-refractivity contribution >= 4 is 23.0 Å². The molecule has 0 amide bonds. The Kier molecular flexibility index (Phi) is 4.77. The van der Waals surface area contributed by atoms with E-state index < -0.39 is 5.41 Å². The molecular weight excluding hydrogens is 334 g/mol. The van der Waals surface area contributed by atoms with E-state index in [0.717, 1.165) is 25.7 Å². The van der Waals surface area contributed by atoms with Crippen molar-refractivity contribution in [1.29, 1.82) is 0 Å². The predicted molar refractivity (Wildman–Crippen MR) is 99.2 cm³/mol. The average Bonchev–Trinajstić information content (AvgIpc) is 3.20. The van der Waals surface area contributed by atoms with Gasteiger partial charge in [0, 0.05) is 6.54 Å². The van der Waals surface area contributed by atoms with Gasteiger partial charge in [-0.2, -0.15) is 10.1 Å². The second-order valence-corrected chi connectivity index (χ2v) is 7.94. The van der Waals surface area contributed by atoms with E-state index in [2.05, 4.69) is 20.4 Å². The van der Waals surface area contributed by atoms with E-state index in [-0.39, 0.29) is 17.1 Å². The second kappa shape index (κ2) is 6.74. The van der Waals surface area contributed by atoms with Crippen LogP contribution in [0.5, 0.6) is 0 Å². The number of rotatable bonds is 5. The van der Waals surface area contributed by atoms with Crippen molar-refractivity contribution in [3.05, 3.63) is 16.6 Å². The number of nitrogens with one attached hydrogen (secondary N) is 2. The maximum atomic E-state index is 12.4. The molecule has 0 aromatic carbocycles. The fourth-order valence-electron chi connectivity index (χ4n) is 3.54. The minimum absolute atomic E-state index is 0.173. The van der Waals surface area contributed by atoms with Gasteiger partial charge in [-0.15, -0.1) is 0 Å². The van der Waals surface area contributed by atoms with E-state index in [1.807, 2.05) is 27.7 Å². The van der Waals surface area contributed by atoms with Gasteiger partial charge in [0.1, 0.15) is 5.39 Å². The van der Waals surface area contributed by atoms with Crippen molar-refractivity contribution in [1.82, 2.24) is 19.7 Å². The third-order valence-corrected chi connectivity index (χ3v) is 4.94. The van der Waals surface area contributed by atoms with Crippen LogP contribution in [0.15, 0.2) is 11.0 Å². The van der Waals surface area contributed by atoms with Crippen LogP contribution in [0.3, 0.4) is 0 Å². The summed E-state index contributed by atoms with van der Waals surface area (Å²) in [5.41, 5.74) is -0.560. The van der Waals surface area contributed by atoms with Crippen LogP contribution < -0.4 is 10.9 Å². The maximum Gasteiger partial charge on any atom is 0.313 e. The Morgan fingerprint density at radius 1 is 1.38 bits per heavy atom. The molecule has 0 spiro atoms. The fourth-order valence-corrected chi connectivity index (χ4v) is 3.54. The van der Waals surface area contributed by atoms with Crippen LogP contribution in [-0.2, 0) is 15.1 Å². The van der Waals surface area contributed by atoms with Crippen LogP contribution in [-0.4, -0.2) is 38.9 Å². The van der Waals surface area contributed by atoms with Gasteiger partial charge in [-0.3, -0.25) is 14.6 Å².